The van der Waals surface area contributed by atoms with Crippen LogP contribution in [-0.4, -0.2) is 58.3 Å². The van der Waals surface area contributed by atoms with Crippen molar-refractivity contribution in [3.63, 3.8) is 0 Å². The fraction of sp³-hybridized carbons (Fsp3) is 0.350. The van der Waals surface area contributed by atoms with Crippen molar-refractivity contribution in [3.8, 4) is 0 Å². The van der Waals surface area contributed by atoms with Gasteiger partial charge in [0.15, 0.2) is 0 Å². The smallest absolute Gasteiger partial charge is 0.255 e. The number of benzene rings is 1. The Morgan fingerprint density at radius 1 is 0.926 bits per heavy atom. The number of amides is 3. The van der Waals surface area contributed by atoms with E-state index in [2.05, 4.69) is 5.32 Å². The van der Waals surface area contributed by atoms with Crippen LogP contribution in [-0.2, 0) is 11.8 Å². The van der Waals surface area contributed by atoms with Crippen LogP contribution in [0.15, 0.2) is 42.7 Å². The lowest BCUT2D eigenvalue weighted by atomic mass is 10.1. The highest BCUT2D eigenvalue weighted by molar-refractivity contribution is 5.97. The van der Waals surface area contributed by atoms with Crippen molar-refractivity contribution in [2.24, 2.45) is 7.05 Å². The molecule has 0 aliphatic carbocycles. The number of anilines is 1. The minimum atomic E-state index is -0.176. The molecule has 0 saturated carbocycles. The van der Waals surface area contributed by atoms with E-state index in [9.17, 15) is 14.4 Å². The number of hydrogen-bond donors (Lipinski definition) is 1. The Labute approximate surface area is 158 Å². The normalized spacial score (nSPS) is 14.6. The van der Waals surface area contributed by atoms with Gasteiger partial charge < -0.3 is 19.7 Å². The number of carbonyl (C=O) groups is 3. The molecule has 7 nitrogen and oxygen atoms in total. The monoisotopic (exact) mass is 368 g/mol. The first kappa shape index (κ1) is 18.7. The van der Waals surface area contributed by atoms with Crippen LogP contribution in [0.4, 0.5) is 5.69 Å². The highest BCUT2D eigenvalue weighted by atomic mass is 16.2. The van der Waals surface area contributed by atoms with Crippen LogP contribution >= 0.6 is 0 Å². The first-order chi connectivity index (χ1) is 12.9. The predicted molar refractivity (Wildman–Crippen MR) is 103 cm³/mol. The number of nitrogens with zero attached hydrogens (tertiary/aromatic N) is 3. The van der Waals surface area contributed by atoms with Crippen LogP contribution in [0.1, 0.15) is 34.1 Å². The largest absolute Gasteiger partial charge is 0.356 e. The fourth-order valence-electron chi connectivity index (χ4n) is 3.25. The molecule has 3 rings (SSSR count). The van der Waals surface area contributed by atoms with Crippen molar-refractivity contribution in [1.29, 1.82) is 0 Å². The molecule has 142 valence electrons. The van der Waals surface area contributed by atoms with Gasteiger partial charge in [0.1, 0.15) is 0 Å². The van der Waals surface area contributed by atoms with Crippen LogP contribution in [0.3, 0.4) is 0 Å². The first-order valence-corrected chi connectivity index (χ1v) is 9.02. The summed E-state index contributed by atoms with van der Waals surface area (Å²) in [5, 5.41) is 2.69. The minimum Gasteiger partial charge on any atom is -0.356 e. The van der Waals surface area contributed by atoms with E-state index in [0.717, 1.165) is 6.42 Å². The van der Waals surface area contributed by atoms with Crippen molar-refractivity contribution in [3.05, 3.63) is 53.9 Å². The maximum absolute atomic E-state index is 12.8. The Morgan fingerprint density at radius 2 is 1.59 bits per heavy atom. The summed E-state index contributed by atoms with van der Waals surface area (Å²) < 4.78 is 1.85. The number of hydrogen-bond acceptors (Lipinski definition) is 3. The zero-order valence-electron chi connectivity index (χ0n) is 15.6. The Bertz CT molecular complexity index is 858. The summed E-state index contributed by atoms with van der Waals surface area (Å²) in [5.74, 6) is -0.266. The average Bonchev–Trinajstić information content (AvgIpc) is 2.92. The minimum absolute atomic E-state index is 0.00226. The Morgan fingerprint density at radius 3 is 2.19 bits per heavy atom. The average molecular weight is 368 g/mol. The van der Waals surface area contributed by atoms with Gasteiger partial charge in [-0.15, -0.1) is 0 Å². The highest BCUT2D eigenvalue weighted by Crippen LogP contribution is 2.15. The molecule has 1 N–H and O–H groups in total. The van der Waals surface area contributed by atoms with Crippen LogP contribution < -0.4 is 5.32 Å². The molecule has 3 amide bonds. The molecule has 1 aromatic heterocycles. The van der Waals surface area contributed by atoms with Gasteiger partial charge in [-0.3, -0.25) is 14.4 Å². The molecule has 0 atom stereocenters. The summed E-state index contributed by atoms with van der Waals surface area (Å²) in [5.41, 5.74) is 1.80. The topological polar surface area (TPSA) is 74.7 Å². The van der Waals surface area contributed by atoms with E-state index in [0.29, 0.717) is 43.0 Å². The van der Waals surface area contributed by atoms with E-state index >= 15 is 0 Å². The second-order valence-electron chi connectivity index (χ2n) is 6.77. The molecule has 0 spiro atoms. The second-order valence-corrected chi connectivity index (χ2v) is 6.77. The van der Waals surface area contributed by atoms with Gasteiger partial charge in [-0.2, -0.15) is 0 Å². The zero-order valence-corrected chi connectivity index (χ0v) is 15.6. The van der Waals surface area contributed by atoms with E-state index in [1.165, 1.54) is 6.92 Å². The lowest BCUT2D eigenvalue weighted by Crippen LogP contribution is -2.37. The number of rotatable bonds is 3. The van der Waals surface area contributed by atoms with Gasteiger partial charge in [-0.05, 0) is 30.7 Å². The third-order valence-electron chi connectivity index (χ3n) is 4.58. The SMILES string of the molecule is CC(=O)Nc1cccc(C(=O)N2CCCN(C(=O)c3ccn(C)c3)CC2)c1. The van der Waals surface area contributed by atoms with Gasteiger partial charge in [-0.1, -0.05) is 6.07 Å². The zero-order chi connectivity index (χ0) is 19.4. The molecule has 1 fully saturated rings. The molecular weight excluding hydrogens is 344 g/mol. The summed E-state index contributed by atoms with van der Waals surface area (Å²) in [6.07, 6.45) is 4.39. The third kappa shape index (κ3) is 4.55. The van der Waals surface area contributed by atoms with Crippen LogP contribution in [0.5, 0.6) is 0 Å². The van der Waals surface area contributed by atoms with Crippen molar-refractivity contribution in [2.45, 2.75) is 13.3 Å². The maximum Gasteiger partial charge on any atom is 0.255 e. The van der Waals surface area contributed by atoms with E-state index in [-0.39, 0.29) is 17.7 Å². The molecule has 0 bridgehead atoms. The van der Waals surface area contributed by atoms with Crippen molar-refractivity contribution >= 4 is 23.4 Å². The fourth-order valence-corrected chi connectivity index (χ4v) is 3.25. The molecule has 1 aliphatic rings. The molecule has 27 heavy (non-hydrogen) atoms. The summed E-state index contributed by atoms with van der Waals surface area (Å²) in [7, 11) is 1.88. The Hall–Kier alpha value is -3.09. The summed E-state index contributed by atoms with van der Waals surface area (Å²) in [6, 6.07) is 8.74. The van der Waals surface area contributed by atoms with E-state index in [1.54, 1.807) is 34.1 Å². The van der Waals surface area contributed by atoms with E-state index < -0.39 is 0 Å². The third-order valence-corrected chi connectivity index (χ3v) is 4.58. The molecule has 2 heterocycles. The van der Waals surface area contributed by atoms with Crippen molar-refractivity contribution in [2.75, 3.05) is 31.5 Å². The molecule has 7 heteroatoms. The molecule has 0 unspecified atom stereocenters. The van der Waals surface area contributed by atoms with Crippen LogP contribution in [0.2, 0.25) is 0 Å². The summed E-state index contributed by atoms with van der Waals surface area (Å²) >= 11 is 0. The molecular formula is C20H24N4O3. The molecule has 1 saturated heterocycles. The van der Waals surface area contributed by atoms with E-state index in [4.69, 9.17) is 0 Å². The van der Waals surface area contributed by atoms with Gasteiger partial charge in [0.2, 0.25) is 5.91 Å². The molecule has 1 aromatic carbocycles. The Balaban J connectivity index is 1.66. The van der Waals surface area contributed by atoms with Gasteiger partial charge >= 0.3 is 0 Å². The number of aromatic nitrogens is 1. The number of aryl methyl sites for hydroxylation is 1. The number of carbonyl (C=O) groups excluding carboxylic acids is 3. The molecule has 0 radical (unpaired) electrons. The lowest BCUT2D eigenvalue weighted by Gasteiger charge is -2.22. The predicted octanol–water partition coefficient (Wildman–Crippen LogP) is 1.97. The van der Waals surface area contributed by atoms with Gasteiger partial charge in [0.25, 0.3) is 11.8 Å². The van der Waals surface area contributed by atoms with E-state index in [1.807, 2.05) is 30.1 Å². The molecule has 2 aromatic rings. The highest BCUT2D eigenvalue weighted by Gasteiger charge is 2.24. The second kappa shape index (κ2) is 8.07. The quantitative estimate of drug-likeness (QED) is 0.900. The summed E-state index contributed by atoms with van der Waals surface area (Å²) in [6.45, 7) is 3.65. The van der Waals surface area contributed by atoms with Crippen LogP contribution in [0.25, 0.3) is 0 Å². The maximum atomic E-state index is 12.8. The molecule has 1 aliphatic heterocycles. The summed E-state index contributed by atoms with van der Waals surface area (Å²) in [4.78, 5) is 40.3. The van der Waals surface area contributed by atoms with Gasteiger partial charge in [-0.25, -0.2) is 0 Å². The Kier molecular flexibility index (Phi) is 5.59. The van der Waals surface area contributed by atoms with Crippen molar-refractivity contribution in [1.82, 2.24) is 14.4 Å². The van der Waals surface area contributed by atoms with Crippen molar-refractivity contribution < 1.29 is 14.4 Å². The van der Waals surface area contributed by atoms with Gasteiger partial charge in [0, 0.05) is 63.8 Å². The first-order valence-electron chi connectivity index (χ1n) is 9.02. The van der Waals surface area contributed by atoms with Gasteiger partial charge in [0.05, 0.1) is 5.56 Å². The van der Waals surface area contributed by atoms with Crippen LogP contribution in [0, 0.1) is 0 Å². The number of nitrogens with one attached hydrogen (secondary N) is 1. The standard InChI is InChI=1S/C20H24N4O3/c1-15(25)21-18-6-3-5-16(13-18)19(26)23-8-4-9-24(12-11-23)20(27)17-7-10-22(2)14-17/h3,5-7,10,13-14H,4,8-9,11-12H2,1-2H3,(H,21,25). The lowest BCUT2D eigenvalue weighted by molar-refractivity contribution is -0.114.